The molecular weight excluding hydrogens is 740 g/mol. The van der Waals surface area contributed by atoms with Crippen molar-refractivity contribution in [1.29, 1.82) is 0 Å². The van der Waals surface area contributed by atoms with E-state index in [4.69, 9.17) is 4.42 Å². The molecule has 0 saturated heterocycles. The van der Waals surface area contributed by atoms with Crippen molar-refractivity contribution in [3.05, 3.63) is 151 Å². The van der Waals surface area contributed by atoms with Gasteiger partial charge in [0, 0.05) is 43.7 Å². The standard InChI is InChI=1S/C24H16NO.C14H15FNSi.Ir/c1-2-6-17(7-3-1)14-18-12-13-25-22(15-18)19-10-11-24-21(16-19)20-8-4-5-9-23(20)26-24;1-17(2,3)13-8-9-14(16-10-13)11-4-6-12(15)7-5-11;/h1-9,11-13,15-16H,14H2;4,6-10H,1-3H3;/q2*-1;. The molecule has 0 fully saturated rings. The Labute approximate surface area is 272 Å². The average Bonchev–Trinajstić information content (AvgIpc) is 3.40. The fourth-order valence-electron chi connectivity index (χ4n) is 4.94. The van der Waals surface area contributed by atoms with Gasteiger partial charge in [-0.3, -0.25) is 4.39 Å². The predicted molar refractivity (Wildman–Crippen MR) is 176 cm³/mol. The number of hydrogen-bond acceptors (Lipinski definition) is 3. The zero-order valence-corrected chi connectivity index (χ0v) is 28.2. The summed E-state index contributed by atoms with van der Waals surface area (Å²) in [6, 6.07) is 41.6. The molecule has 3 aromatic heterocycles. The molecule has 6 heteroatoms. The van der Waals surface area contributed by atoms with Crippen LogP contribution >= 0.6 is 0 Å². The fraction of sp³-hybridized carbons (Fsp3) is 0.105. The molecule has 7 rings (SSSR count). The Morgan fingerprint density at radius 2 is 1.45 bits per heavy atom. The first-order valence-electron chi connectivity index (χ1n) is 14.3. The van der Waals surface area contributed by atoms with Crippen LogP contribution < -0.4 is 5.19 Å². The number of nitrogens with zero attached hydrogens (tertiary/aromatic N) is 2. The second-order valence-electron chi connectivity index (χ2n) is 11.5. The quantitative estimate of drug-likeness (QED) is 0.130. The topological polar surface area (TPSA) is 38.9 Å². The average molecular weight is 771 g/mol. The molecule has 0 amide bonds. The van der Waals surface area contributed by atoms with E-state index >= 15 is 0 Å². The van der Waals surface area contributed by atoms with Crippen LogP contribution in [-0.4, -0.2) is 18.0 Å². The van der Waals surface area contributed by atoms with Crippen molar-refractivity contribution in [3.63, 3.8) is 0 Å². The Balaban J connectivity index is 0.000000187. The van der Waals surface area contributed by atoms with E-state index in [-0.39, 0.29) is 25.9 Å². The first kappa shape index (κ1) is 31.2. The van der Waals surface area contributed by atoms with Gasteiger partial charge in [-0.1, -0.05) is 91.8 Å². The van der Waals surface area contributed by atoms with Crippen LogP contribution in [0.1, 0.15) is 11.1 Å². The summed E-state index contributed by atoms with van der Waals surface area (Å²) in [6.07, 6.45) is 4.70. The molecule has 4 aromatic carbocycles. The number of halogens is 1. The molecule has 0 aliphatic heterocycles. The Hall–Kier alpha value is -4.22. The summed E-state index contributed by atoms with van der Waals surface area (Å²) in [5.41, 5.74) is 7.89. The van der Waals surface area contributed by atoms with Crippen molar-refractivity contribution in [2.75, 3.05) is 0 Å². The maximum Gasteiger partial charge on any atom is 0.120 e. The smallest absolute Gasteiger partial charge is 0.120 e. The number of benzene rings is 4. The van der Waals surface area contributed by atoms with Crippen molar-refractivity contribution >= 4 is 35.2 Å². The molecule has 44 heavy (non-hydrogen) atoms. The summed E-state index contributed by atoms with van der Waals surface area (Å²) in [7, 11) is -1.30. The van der Waals surface area contributed by atoms with Gasteiger partial charge in [-0.05, 0) is 46.3 Å². The third-order valence-electron chi connectivity index (χ3n) is 7.34. The summed E-state index contributed by atoms with van der Waals surface area (Å²) in [6.45, 7) is 6.86. The molecule has 0 N–H and O–H groups in total. The van der Waals surface area contributed by atoms with Crippen molar-refractivity contribution < 1.29 is 28.9 Å². The van der Waals surface area contributed by atoms with Crippen molar-refractivity contribution in [1.82, 2.24) is 9.97 Å². The molecule has 7 aromatic rings. The molecular formula is C38H31FIrN2OSi-2. The Kier molecular flexibility index (Phi) is 9.65. The van der Waals surface area contributed by atoms with Crippen molar-refractivity contribution in [2.24, 2.45) is 0 Å². The Morgan fingerprint density at radius 1 is 0.682 bits per heavy atom. The molecule has 0 aliphatic rings. The van der Waals surface area contributed by atoms with Gasteiger partial charge >= 0.3 is 0 Å². The van der Waals surface area contributed by atoms with Crippen molar-refractivity contribution in [2.45, 2.75) is 26.1 Å². The number of fused-ring (bicyclic) bond motifs is 3. The summed E-state index contributed by atoms with van der Waals surface area (Å²) in [5.74, 6) is -0.271. The third kappa shape index (κ3) is 7.28. The minimum absolute atomic E-state index is 0. The van der Waals surface area contributed by atoms with Crippen LogP contribution in [-0.2, 0) is 26.5 Å². The van der Waals surface area contributed by atoms with E-state index in [1.807, 2.05) is 48.8 Å². The van der Waals surface area contributed by atoms with E-state index in [0.29, 0.717) is 0 Å². The van der Waals surface area contributed by atoms with E-state index in [2.05, 4.69) is 96.3 Å². The van der Waals surface area contributed by atoms with Gasteiger partial charge in [0.1, 0.15) is 5.58 Å². The zero-order valence-electron chi connectivity index (χ0n) is 24.8. The maximum atomic E-state index is 12.8. The Bertz CT molecular complexity index is 1980. The van der Waals surface area contributed by atoms with Crippen LogP contribution in [0.5, 0.6) is 0 Å². The second kappa shape index (κ2) is 13.6. The Morgan fingerprint density at radius 3 is 2.18 bits per heavy atom. The minimum Gasteiger partial charge on any atom is -0.500 e. The van der Waals surface area contributed by atoms with Gasteiger partial charge in [0.05, 0.1) is 13.7 Å². The SMILES string of the molecule is C[Si](C)(C)c1ccc(-c2[c-]cc(F)cc2)nc1.[Ir].[c-]1cc2oc3ccccc3c2cc1-c1cc(Cc2ccccc2)ccn1. The monoisotopic (exact) mass is 771 g/mol. The summed E-state index contributed by atoms with van der Waals surface area (Å²) in [4.78, 5) is 8.99. The van der Waals surface area contributed by atoms with Crippen LogP contribution in [0.25, 0.3) is 44.5 Å². The van der Waals surface area contributed by atoms with Crippen LogP contribution in [0.15, 0.2) is 126 Å². The number of rotatable bonds is 5. The number of para-hydroxylation sites is 1. The molecule has 0 bridgehead atoms. The molecule has 0 saturated carbocycles. The normalized spacial score (nSPS) is 11.1. The minimum atomic E-state index is -1.30. The molecule has 221 valence electrons. The third-order valence-corrected chi connectivity index (χ3v) is 9.37. The number of aromatic nitrogens is 2. The van der Waals surface area contributed by atoms with Crippen molar-refractivity contribution in [3.8, 4) is 22.5 Å². The van der Waals surface area contributed by atoms with E-state index in [1.165, 1.54) is 28.4 Å². The summed E-state index contributed by atoms with van der Waals surface area (Å²) in [5, 5.41) is 3.55. The maximum absolute atomic E-state index is 12.8. The fourth-order valence-corrected chi connectivity index (χ4v) is 5.98. The number of furan rings is 1. The summed E-state index contributed by atoms with van der Waals surface area (Å²) < 4.78 is 18.7. The molecule has 1 radical (unpaired) electrons. The number of pyridine rings is 2. The van der Waals surface area contributed by atoms with Gasteiger partial charge < -0.3 is 14.4 Å². The molecule has 0 unspecified atom stereocenters. The predicted octanol–water partition coefficient (Wildman–Crippen LogP) is 9.27. The van der Waals surface area contributed by atoms with E-state index < -0.39 is 8.07 Å². The van der Waals surface area contributed by atoms with Gasteiger partial charge in [-0.2, -0.15) is 0 Å². The second-order valence-corrected chi connectivity index (χ2v) is 16.6. The summed E-state index contributed by atoms with van der Waals surface area (Å²) >= 11 is 0. The van der Waals surface area contributed by atoms with Crippen LogP contribution in [0, 0.1) is 17.9 Å². The van der Waals surface area contributed by atoms with Crippen LogP contribution in [0.4, 0.5) is 4.39 Å². The van der Waals surface area contributed by atoms with E-state index in [0.717, 1.165) is 50.9 Å². The molecule has 3 nitrogen and oxygen atoms in total. The molecule has 0 spiro atoms. The first-order valence-corrected chi connectivity index (χ1v) is 17.8. The zero-order chi connectivity index (χ0) is 29.8. The molecule has 0 aliphatic carbocycles. The molecule has 0 atom stereocenters. The van der Waals surface area contributed by atoms with Gasteiger partial charge in [-0.15, -0.1) is 53.6 Å². The van der Waals surface area contributed by atoms with Gasteiger partial charge in [-0.25, -0.2) is 0 Å². The first-order chi connectivity index (χ1) is 20.8. The van der Waals surface area contributed by atoms with E-state index in [1.54, 1.807) is 6.07 Å². The van der Waals surface area contributed by atoms with Crippen LogP contribution in [0.2, 0.25) is 19.6 Å². The number of hydrogen-bond donors (Lipinski definition) is 0. The molecule has 3 heterocycles. The van der Waals surface area contributed by atoms with Gasteiger partial charge in [0.25, 0.3) is 0 Å². The largest absolute Gasteiger partial charge is 0.500 e. The van der Waals surface area contributed by atoms with Gasteiger partial charge in [0.2, 0.25) is 0 Å². The van der Waals surface area contributed by atoms with E-state index in [9.17, 15) is 4.39 Å². The van der Waals surface area contributed by atoms with Crippen LogP contribution in [0.3, 0.4) is 0 Å². The van der Waals surface area contributed by atoms with Gasteiger partial charge in [0.15, 0.2) is 0 Å².